The Labute approximate surface area is 101 Å². The molecule has 0 bridgehead atoms. The van der Waals surface area contributed by atoms with Gasteiger partial charge in [0.15, 0.2) is 0 Å². The molecular formula is C13H16N2O2. The SMILES string of the molecule is CC(C)C(CNc1ccc(C#N)cc1)C(=O)O. The molecule has 0 aromatic heterocycles. The fraction of sp³-hybridized carbons (Fsp3) is 0.385. The molecule has 90 valence electrons. The van der Waals surface area contributed by atoms with Crippen molar-refractivity contribution in [3.63, 3.8) is 0 Å². The molecule has 0 radical (unpaired) electrons. The summed E-state index contributed by atoms with van der Waals surface area (Å²) in [5.74, 6) is -1.12. The third-order valence-electron chi connectivity index (χ3n) is 2.66. The summed E-state index contributed by atoms with van der Waals surface area (Å²) in [6, 6.07) is 8.99. The molecule has 0 heterocycles. The van der Waals surface area contributed by atoms with Crippen molar-refractivity contribution in [2.24, 2.45) is 11.8 Å². The summed E-state index contributed by atoms with van der Waals surface area (Å²) in [6.45, 7) is 4.16. The van der Waals surface area contributed by atoms with Gasteiger partial charge in [-0.05, 0) is 30.2 Å². The van der Waals surface area contributed by atoms with Gasteiger partial charge in [0, 0.05) is 12.2 Å². The van der Waals surface area contributed by atoms with Crippen molar-refractivity contribution in [3.8, 4) is 6.07 Å². The molecule has 0 aliphatic carbocycles. The van der Waals surface area contributed by atoms with Crippen LogP contribution in [-0.2, 0) is 4.79 Å². The van der Waals surface area contributed by atoms with Gasteiger partial charge in [0.2, 0.25) is 0 Å². The molecule has 4 heteroatoms. The quantitative estimate of drug-likeness (QED) is 0.817. The Hall–Kier alpha value is -2.02. The van der Waals surface area contributed by atoms with Gasteiger partial charge < -0.3 is 10.4 Å². The first-order valence-corrected chi connectivity index (χ1v) is 5.51. The Bertz CT molecular complexity index is 418. The van der Waals surface area contributed by atoms with Crippen LogP contribution in [0.25, 0.3) is 0 Å². The lowest BCUT2D eigenvalue weighted by atomic mass is 9.96. The fourth-order valence-electron chi connectivity index (χ4n) is 1.50. The van der Waals surface area contributed by atoms with Gasteiger partial charge in [-0.15, -0.1) is 0 Å². The molecule has 0 amide bonds. The smallest absolute Gasteiger partial charge is 0.308 e. The number of hydrogen-bond donors (Lipinski definition) is 2. The second-order valence-corrected chi connectivity index (χ2v) is 4.26. The predicted molar refractivity (Wildman–Crippen MR) is 65.6 cm³/mol. The molecule has 4 nitrogen and oxygen atoms in total. The molecule has 0 fully saturated rings. The maximum atomic E-state index is 11.0. The van der Waals surface area contributed by atoms with Crippen LogP contribution in [0.2, 0.25) is 0 Å². The van der Waals surface area contributed by atoms with Crippen LogP contribution in [0.3, 0.4) is 0 Å². The van der Waals surface area contributed by atoms with E-state index in [1.54, 1.807) is 24.3 Å². The number of benzene rings is 1. The van der Waals surface area contributed by atoms with Crippen molar-refractivity contribution < 1.29 is 9.90 Å². The summed E-state index contributed by atoms with van der Waals surface area (Å²) < 4.78 is 0. The number of nitriles is 1. The molecule has 0 saturated carbocycles. The van der Waals surface area contributed by atoms with Crippen LogP contribution in [0.4, 0.5) is 5.69 Å². The minimum atomic E-state index is -0.791. The van der Waals surface area contributed by atoms with Gasteiger partial charge in [0.1, 0.15) is 0 Å². The van der Waals surface area contributed by atoms with Crippen LogP contribution in [0, 0.1) is 23.2 Å². The predicted octanol–water partition coefficient (Wildman–Crippen LogP) is 2.33. The minimum absolute atomic E-state index is 0.0818. The van der Waals surface area contributed by atoms with Crippen LogP contribution in [0.5, 0.6) is 0 Å². The van der Waals surface area contributed by atoms with E-state index in [9.17, 15) is 4.79 Å². The van der Waals surface area contributed by atoms with Gasteiger partial charge in [-0.2, -0.15) is 5.26 Å². The first kappa shape index (κ1) is 13.0. The van der Waals surface area contributed by atoms with Gasteiger partial charge in [0.05, 0.1) is 17.6 Å². The lowest BCUT2D eigenvalue weighted by molar-refractivity contribution is -0.142. The average molecular weight is 232 g/mol. The summed E-state index contributed by atoms with van der Waals surface area (Å²) in [5.41, 5.74) is 1.42. The Morgan fingerprint density at radius 1 is 1.41 bits per heavy atom. The first-order valence-electron chi connectivity index (χ1n) is 5.51. The van der Waals surface area contributed by atoms with Crippen molar-refractivity contribution in [2.75, 3.05) is 11.9 Å². The number of carboxylic acid groups (broad SMARTS) is 1. The van der Waals surface area contributed by atoms with E-state index in [0.29, 0.717) is 12.1 Å². The fourth-order valence-corrected chi connectivity index (χ4v) is 1.50. The summed E-state index contributed by atoms with van der Waals surface area (Å²) in [4.78, 5) is 11.0. The Morgan fingerprint density at radius 2 is 2.00 bits per heavy atom. The number of nitrogens with zero attached hydrogens (tertiary/aromatic N) is 1. The number of rotatable bonds is 5. The topological polar surface area (TPSA) is 73.1 Å². The largest absolute Gasteiger partial charge is 0.481 e. The van der Waals surface area contributed by atoms with E-state index >= 15 is 0 Å². The maximum absolute atomic E-state index is 11.0. The monoisotopic (exact) mass is 232 g/mol. The lowest BCUT2D eigenvalue weighted by Crippen LogP contribution is -2.27. The molecule has 1 aromatic carbocycles. The van der Waals surface area contributed by atoms with Gasteiger partial charge in [-0.1, -0.05) is 13.8 Å². The van der Waals surface area contributed by atoms with E-state index in [0.717, 1.165) is 5.69 Å². The van der Waals surface area contributed by atoms with Gasteiger partial charge in [0.25, 0.3) is 0 Å². The number of anilines is 1. The third-order valence-corrected chi connectivity index (χ3v) is 2.66. The minimum Gasteiger partial charge on any atom is -0.481 e. The zero-order valence-electron chi connectivity index (χ0n) is 9.97. The molecule has 0 aliphatic rings. The zero-order chi connectivity index (χ0) is 12.8. The molecule has 1 aromatic rings. The van der Waals surface area contributed by atoms with E-state index in [4.69, 9.17) is 10.4 Å². The summed E-state index contributed by atoms with van der Waals surface area (Å²) in [5, 5.41) is 20.7. The van der Waals surface area contributed by atoms with Crippen molar-refractivity contribution in [1.82, 2.24) is 0 Å². The zero-order valence-corrected chi connectivity index (χ0v) is 9.97. The standard InChI is InChI=1S/C13H16N2O2/c1-9(2)12(13(16)17)8-15-11-5-3-10(7-14)4-6-11/h3-6,9,12,15H,8H2,1-2H3,(H,16,17). The Morgan fingerprint density at radius 3 is 2.41 bits per heavy atom. The summed E-state index contributed by atoms with van der Waals surface area (Å²) >= 11 is 0. The molecule has 0 spiro atoms. The molecule has 17 heavy (non-hydrogen) atoms. The van der Waals surface area contributed by atoms with Crippen molar-refractivity contribution in [1.29, 1.82) is 5.26 Å². The van der Waals surface area contributed by atoms with Crippen molar-refractivity contribution >= 4 is 11.7 Å². The van der Waals surface area contributed by atoms with Gasteiger partial charge in [-0.25, -0.2) is 0 Å². The number of carbonyl (C=O) groups is 1. The summed E-state index contributed by atoms with van der Waals surface area (Å²) in [6.07, 6.45) is 0. The maximum Gasteiger partial charge on any atom is 0.308 e. The van der Waals surface area contributed by atoms with Crippen LogP contribution < -0.4 is 5.32 Å². The number of hydrogen-bond acceptors (Lipinski definition) is 3. The van der Waals surface area contributed by atoms with E-state index in [1.165, 1.54) is 0 Å². The number of nitrogens with one attached hydrogen (secondary N) is 1. The average Bonchev–Trinajstić information content (AvgIpc) is 2.29. The second kappa shape index (κ2) is 5.90. The van der Waals surface area contributed by atoms with E-state index in [1.807, 2.05) is 19.9 Å². The van der Waals surface area contributed by atoms with Crippen LogP contribution in [-0.4, -0.2) is 17.6 Å². The lowest BCUT2D eigenvalue weighted by Gasteiger charge is -2.17. The molecule has 1 rings (SSSR count). The van der Waals surface area contributed by atoms with Crippen LogP contribution >= 0.6 is 0 Å². The highest BCUT2D eigenvalue weighted by atomic mass is 16.4. The van der Waals surface area contributed by atoms with E-state index in [2.05, 4.69) is 5.32 Å². The van der Waals surface area contributed by atoms with E-state index in [-0.39, 0.29) is 5.92 Å². The molecule has 2 N–H and O–H groups in total. The molecular weight excluding hydrogens is 216 g/mol. The second-order valence-electron chi connectivity index (χ2n) is 4.26. The van der Waals surface area contributed by atoms with Gasteiger partial charge >= 0.3 is 5.97 Å². The third kappa shape index (κ3) is 3.80. The number of aliphatic carboxylic acids is 1. The van der Waals surface area contributed by atoms with Crippen LogP contribution in [0.15, 0.2) is 24.3 Å². The highest BCUT2D eigenvalue weighted by molar-refractivity contribution is 5.71. The number of carboxylic acids is 1. The highest BCUT2D eigenvalue weighted by Gasteiger charge is 2.20. The first-order chi connectivity index (χ1) is 8.04. The molecule has 1 atom stereocenters. The Kier molecular flexibility index (Phi) is 4.53. The summed E-state index contributed by atoms with van der Waals surface area (Å²) in [7, 11) is 0. The molecule has 0 aliphatic heterocycles. The normalized spacial score (nSPS) is 11.9. The van der Waals surface area contributed by atoms with E-state index < -0.39 is 11.9 Å². The molecule has 0 saturated heterocycles. The van der Waals surface area contributed by atoms with Crippen molar-refractivity contribution in [3.05, 3.63) is 29.8 Å². The van der Waals surface area contributed by atoms with Gasteiger partial charge in [-0.3, -0.25) is 4.79 Å². The molecule has 1 unspecified atom stereocenters. The Balaban J connectivity index is 2.60. The van der Waals surface area contributed by atoms with Crippen molar-refractivity contribution in [2.45, 2.75) is 13.8 Å². The highest BCUT2D eigenvalue weighted by Crippen LogP contribution is 2.14. The van der Waals surface area contributed by atoms with Crippen LogP contribution in [0.1, 0.15) is 19.4 Å².